The molecule has 0 saturated carbocycles. The molecule has 1 atom stereocenters. The molecule has 31 heavy (non-hydrogen) atoms. The van der Waals surface area contributed by atoms with Crippen molar-refractivity contribution < 1.29 is 23.8 Å². The van der Waals surface area contributed by atoms with Gasteiger partial charge in [0.15, 0.2) is 11.5 Å². The molecule has 3 aromatic rings. The minimum absolute atomic E-state index is 0.0911. The van der Waals surface area contributed by atoms with Gasteiger partial charge in [-0.1, -0.05) is 42.5 Å². The van der Waals surface area contributed by atoms with Crippen molar-refractivity contribution in [1.29, 1.82) is 0 Å². The first-order chi connectivity index (χ1) is 15.0. The lowest BCUT2D eigenvalue weighted by Gasteiger charge is -2.23. The van der Waals surface area contributed by atoms with E-state index in [1.807, 2.05) is 54.6 Å². The van der Waals surface area contributed by atoms with E-state index < -0.39 is 11.6 Å². The fourth-order valence-electron chi connectivity index (χ4n) is 3.76. The van der Waals surface area contributed by atoms with E-state index in [9.17, 15) is 9.59 Å². The highest BCUT2D eigenvalue weighted by atomic mass is 16.7. The van der Waals surface area contributed by atoms with Crippen LogP contribution in [-0.4, -0.2) is 23.6 Å². The van der Waals surface area contributed by atoms with E-state index in [0.717, 1.165) is 5.56 Å². The van der Waals surface area contributed by atoms with Gasteiger partial charge in [-0.05, 0) is 42.8 Å². The molecule has 1 N–H and O–H groups in total. The van der Waals surface area contributed by atoms with Crippen LogP contribution in [0.2, 0.25) is 0 Å². The standard InChI is InChI=1S/C24H20N2O5/c1-24(17-11-12-20-21(13-17)30-15-29-20)22(27)26(23(28)25-24)14-16-7-5-6-10-19(16)31-18-8-3-2-4-9-18/h2-13H,14-15H2,1H3,(H,25,28)/t24-/m1/s1. The molecule has 0 aliphatic carbocycles. The van der Waals surface area contributed by atoms with Crippen LogP contribution >= 0.6 is 0 Å². The SMILES string of the molecule is C[C@]1(c2ccc3c(c2)OCO3)NC(=O)N(Cc2ccccc2Oc2ccccc2)C1=O. The van der Waals surface area contributed by atoms with Gasteiger partial charge in [-0.3, -0.25) is 9.69 Å². The molecule has 0 unspecified atom stereocenters. The maximum Gasteiger partial charge on any atom is 0.325 e. The van der Waals surface area contributed by atoms with E-state index in [1.165, 1.54) is 4.90 Å². The third-order valence-corrected chi connectivity index (χ3v) is 5.50. The quantitative estimate of drug-likeness (QED) is 0.632. The number of hydrogen-bond donors (Lipinski definition) is 1. The minimum Gasteiger partial charge on any atom is -0.457 e. The first-order valence-electron chi connectivity index (χ1n) is 9.90. The molecule has 0 bridgehead atoms. The third kappa shape index (κ3) is 3.34. The normalized spacial score (nSPS) is 19.5. The minimum atomic E-state index is -1.20. The molecule has 3 amide bonds. The van der Waals surface area contributed by atoms with E-state index in [2.05, 4.69) is 5.32 Å². The molecule has 0 aromatic heterocycles. The molecule has 7 nitrogen and oxygen atoms in total. The monoisotopic (exact) mass is 416 g/mol. The van der Waals surface area contributed by atoms with Crippen LogP contribution in [0.25, 0.3) is 0 Å². The molecule has 1 fully saturated rings. The van der Waals surface area contributed by atoms with Crippen molar-refractivity contribution in [1.82, 2.24) is 10.2 Å². The molecule has 2 heterocycles. The van der Waals surface area contributed by atoms with Crippen LogP contribution in [0.1, 0.15) is 18.1 Å². The zero-order valence-corrected chi connectivity index (χ0v) is 16.8. The lowest BCUT2D eigenvalue weighted by atomic mass is 9.91. The summed E-state index contributed by atoms with van der Waals surface area (Å²) >= 11 is 0. The predicted molar refractivity (Wildman–Crippen MR) is 112 cm³/mol. The Labute approximate surface area is 179 Å². The van der Waals surface area contributed by atoms with Gasteiger partial charge in [0.25, 0.3) is 5.91 Å². The number of hydrogen-bond acceptors (Lipinski definition) is 5. The van der Waals surface area contributed by atoms with E-state index in [4.69, 9.17) is 14.2 Å². The first-order valence-corrected chi connectivity index (χ1v) is 9.90. The van der Waals surface area contributed by atoms with Crippen molar-refractivity contribution in [2.75, 3.05) is 6.79 Å². The molecule has 156 valence electrons. The second-order valence-corrected chi connectivity index (χ2v) is 7.54. The maximum atomic E-state index is 13.3. The van der Waals surface area contributed by atoms with Gasteiger partial charge < -0.3 is 19.5 Å². The van der Waals surface area contributed by atoms with E-state index >= 15 is 0 Å². The van der Waals surface area contributed by atoms with Crippen LogP contribution < -0.4 is 19.5 Å². The molecule has 2 aliphatic heterocycles. The molecule has 0 radical (unpaired) electrons. The zero-order valence-electron chi connectivity index (χ0n) is 16.8. The average molecular weight is 416 g/mol. The summed E-state index contributed by atoms with van der Waals surface area (Å²) in [6.45, 7) is 1.92. The summed E-state index contributed by atoms with van der Waals surface area (Å²) in [6.07, 6.45) is 0. The van der Waals surface area contributed by atoms with Crippen LogP contribution in [0.15, 0.2) is 72.8 Å². The highest BCUT2D eigenvalue weighted by molar-refractivity contribution is 6.07. The summed E-state index contributed by atoms with van der Waals surface area (Å²) in [5, 5.41) is 2.83. The summed E-state index contributed by atoms with van der Waals surface area (Å²) in [4.78, 5) is 27.3. The van der Waals surface area contributed by atoms with Crippen LogP contribution in [-0.2, 0) is 16.9 Å². The summed E-state index contributed by atoms with van der Waals surface area (Å²) in [5.74, 6) is 2.10. The Morgan fingerprint density at radius 3 is 2.55 bits per heavy atom. The number of para-hydroxylation sites is 2. The van der Waals surface area contributed by atoms with Crippen molar-refractivity contribution >= 4 is 11.9 Å². The predicted octanol–water partition coefficient (Wildman–Crippen LogP) is 4.17. The van der Waals surface area contributed by atoms with Crippen LogP contribution in [0.5, 0.6) is 23.0 Å². The summed E-state index contributed by atoms with van der Waals surface area (Å²) < 4.78 is 16.7. The van der Waals surface area contributed by atoms with Gasteiger partial charge in [0.05, 0.1) is 6.54 Å². The van der Waals surface area contributed by atoms with Gasteiger partial charge in [0.2, 0.25) is 6.79 Å². The Bertz CT molecular complexity index is 1160. The number of carbonyl (C=O) groups excluding carboxylic acids is 2. The lowest BCUT2D eigenvalue weighted by molar-refractivity contribution is -0.131. The number of nitrogens with zero attached hydrogens (tertiary/aromatic N) is 1. The molecule has 7 heteroatoms. The first kappa shape index (κ1) is 19.0. The van der Waals surface area contributed by atoms with Crippen molar-refractivity contribution in [3.63, 3.8) is 0 Å². The molecule has 5 rings (SSSR count). The number of rotatable bonds is 5. The largest absolute Gasteiger partial charge is 0.457 e. The molecular formula is C24H20N2O5. The number of amides is 3. The summed E-state index contributed by atoms with van der Waals surface area (Å²) in [7, 11) is 0. The Morgan fingerprint density at radius 1 is 0.968 bits per heavy atom. The van der Waals surface area contributed by atoms with Gasteiger partial charge in [0, 0.05) is 5.56 Å². The second-order valence-electron chi connectivity index (χ2n) is 7.54. The highest BCUT2D eigenvalue weighted by Crippen LogP contribution is 2.38. The fourth-order valence-corrected chi connectivity index (χ4v) is 3.76. The van der Waals surface area contributed by atoms with Crippen LogP contribution in [0.4, 0.5) is 4.79 Å². The topological polar surface area (TPSA) is 77.1 Å². The van der Waals surface area contributed by atoms with Crippen molar-refractivity contribution in [3.05, 3.63) is 83.9 Å². The number of urea groups is 1. The number of imide groups is 1. The highest BCUT2D eigenvalue weighted by Gasteiger charge is 2.49. The lowest BCUT2D eigenvalue weighted by Crippen LogP contribution is -2.40. The Morgan fingerprint density at radius 2 is 1.71 bits per heavy atom. The Hall–Kier alpha value is -4.00. The van der Waals surface area contributed by atoms with Crippen molar-refractivity contribution in [2.45, 2.75) is 19.0 Å². The molecular weight excluding hydrogens is 396 g/mol. The maximum absolute atomic E-state index is 13.3. The molecule has 0 spiro atoms. The smallest absolute Gasteiger partial charge is 0.325 e. The van der Waals surface area contributed by atoms with Gasteiger partial charge in [-0.25, -0.2) is 4.79 Å². The molecule has 1 saturated heterocycles. The van der Waals surface area contributed by atoms with Gasteiger partial charge in [-0.2, -0.15) is 0 Å². The van der Waals surface area contributed by atoms with Gasteiger partial charge in [-0.15, -0.1) is 0 Å². The Balaban J connectivity index is 1.41. The third-order valence-electron chi connectivity index (χ3n) is 5.50. The fraction of sp³-hybridized carbons (Fsp3) is 0.167. The summed E-state index contributed by atoms with van der Waals surface area (Å²) in [6, 6.07) is 21.5. The average Bonchev–Trinajstić information content (AvgIpc) is 3.34. The number of fused-ring (bicyclic) bond motifs is 1. The van der Waals surface area contributed by atoms with Gasteiger partial charge >= 0.3 is 6.03 Å². The van der Waals surface area contributed by atoms with Crippen molar-refractivity contribution in [2.24, 2.45) is 0 Å². The van der Waals surface area contributed by atoms with Crippen LogP contribution in [0, 0.1) is 0 Å². The molecule has 3 aromatic carbocycles. The van der Waals surface area contributed by atoms with E-state index in [0.29, 0.717) is 28.6 Å². The molecule has 2 aliphatic rings. The number of ether oxygens (including phenoxy) is 3. The van der Waals surface area contributed by atoms with Crippen LogP contribution in [0.3, 0.4) is 0 Å². The van der Waals surface area contributed by atoms with E-state index in [1.54, 1.807) is 25.1 Å². The summed E-state index contributed by atoms with van der Waals surface area (Å²) in [5.41, 5.74) is 0.157. The second kappa shape index (κ2) is 7.36. The zero-order chi connectivity index (χ0) is 21.4. The number of benzene rings is 3. The number of nitrogens with one attached hydrogen (secondary N) is 1. The van der Waals surface area contributed by atoms with E-state index in [-0.39, 0.29) is 19.2 Å². The number of carbonyl (C=O) groups is 2. The Kier molecular flexibility index (Phi) is 4.51. The van der Waals surface area contributed by atoms with Gasteiger partial charge in [0.1, 0.15) is 17.0 Å². The van der Waals surface area contributed by atoms with Crippen molar-refractivity contribution in [3.8, 4) is 23.0 Å².